The number of aryl methyl sites for hydroxylation is 2. The molecule has 0 bridgehead atoms. The number of carbonyl (C=O) groups excluding carboxylic acids is 1. The fraction of sp³-hybridized carbons (Fsp3) is 0.263. The Balaban J connectivity index is 1.63. The Bertz CT molecular complexity index is 902. The number of rotatable bonds is 6. The number of hydrogen-bond acceptors (Lipinski definition) is 4. The van der Waals surface area contributed by atoms with E-state index in [1.807, 2.05) is 25.1 Å². The predicted molar refractivity (Wildman–Crippen MR) is 96.7 cm³/mol. The molecule has 0 aliphatic carbocycles. The molecule has 0 atom stereocenters. The lowest BCUT2D eigenvalue weighted by molar-refractivity contribution is -0.116. The van der Waals surface area contributed by atoms with E-state index in [0.717, 1.165) is 22.4 Å². The minimum Gasteiger partial charge on any atom is -0.496 e. The van der Waals surface area contributed by atoms with Crippen LogP contribution in [0, 0.1) is 6.92 Å². The van der Waals surface area contributed by atoms with Crippen LogP contribution < -0.4 is 10.1 Å². The first kappa shape index (κ1) is 17.0. The average Bonchev–Trinajstić information content (AvgIpc) is 3.04. The molecule has 0 unspecified atom stereocenters. The summed E-state index contributed by atoms with van der Waals surface area (Å²) in [5.41, 5.74) is 4.31. The van der Waals surface area contributed by atoms with E-state index in [0.29, 0.717) is 29.8 Å². The molecule has 1 amide bonds. The van der Waals surface area contributed by atoms with E-state index in [1.54, 1.807) is 25.3 Å². The third-order valence-electron chi connectivity index (χ3n) is 4.09. The second-order valence-electron chi connectivity index (χ2n) is 5.89. The molecule has 3 aromatic rings. The van der Waals surface area contributed by atoms with Crippen LogP contribution in [-0.2, 0) is 17.8 Å². The number of aromatic nitrogens is 2. The largest absolute Gasteiger partial charge is 0.496 e. The molecule has 0 spiro atoms. The van der Waals surface area contributed by atoms with E-state index in [1.165, 1.54) is 0 Å². The number of methoxy groups -OCH3 is 1. The molecule has 0 radical (unpaired) electrons. The fourth-order valence-corrected chi connectivity index (χ4v) is 2.78. The number of H-pyrrole nitrogens is 1. The quantitative estimate of drug-likeness (QED) is 0.644. The van der Waals surface area contributed by atoms with Crippen LogP contribution in [0.15, 0.2) is 36.4 Å². The standard InChI is InChI=1S/C19H21N3O3/c1-12-4-3-5-15-19(12)22-17(21-15)8-9-18(24)20-14-6-7-16(25-2)13(10-14)11-23/h3-7,10,23H,8-9,11H2,1-2H3,(H,20,24)(H,21,22). The topological polar surface area (TPSA) is 87.2 Å². The first-order valence-corrected chi connectivity index (χ1v) is 8.12. The van der Waals surface area contributed by atoms with Gasteiger partial charge in [0.25, 0.3) is 0 Å². The van der Waals surface area contributed by atoms with E-state index in [-0.39, 0.29) is 12.5 Å². The average molecular weight is 339 g/mol. The van der Waals surface area contributed by atoms with Crippen molar-refractivity contribution >= 4 is 22.6 Å². The van der Waals surface area contributed by atoms with Gasteiger partial charge in [-0.15, -0.1) is 0 Å². The molecule has 0 fully saturated rings. The number of carbonyl (C=O) groups is 1. The number of aliphatic hydroxyl groups excluding tert-OH is 1. The smallest absolute Gasteiger partial charge is 0.224 e. The molecule has 2 aromatic carbocycles. The van der Waals surface area contributed by atoms with E-state index in [2.05, 4.69) is 15.3 Å². The summed E-state index contributed by atoms with van der Waals surface area (Å²) >= 11 is 0. The van der Waals surface area contributed by atoms with Crippen molar-refractivity contribution in [1.82, 2.24) is 9.97 Å². The number of nitrogens with one attached hydrogen (secondary N) is 2. The van der Waals surface area contributed by atoms with Gasteiger partial charge in [-0.2, -0.15) is 0 Å². The molecule has 130 valence electrons. The molecular weight excluding hydrogens is 318 g/mol. The summed E-state index contributed by atoms with van der Waals surface area (Å²) in [6, 6.07) is 11.2. The first-order chi connectivity index (χ1) is 12.1. The maximum atomic E-state index is 12.2. The Morgan fingerprint density at radius 2 is 2.16 bits per heavy atom. The number of aromatic amines is 1. The Labute approximate surface area is 145 Å². The van der Waals surface area contributed by atoms with Crippen molar-refractivity contribution in [3.05, 3.63) is 53.3 Å². The number of anilines is 1. The summed E-state index contributed by atoms with van der Waals surface area (Å²) in [6.45, 7) is 1.87. The molecule has 0 aliphatic heterocycles. The van der Waals surface area contributed by atoms with Crippen molar-refractivity contribution in [3.63, 3.8) is 0 Å². The molecule has 6 heteroatoms. The van der Waals surface area contributed by atoms with Gasteiger partial charge in [0, 0.05) is 24.1 Å². The van der Waals surface area contributed by atoms with Gasteiger partial charge in [0.15, 0.2) is 0 Å². The maximum absolute atomic E-state index is 12.2. The Kier molecular flexibility index (Phi) is 5.00. The van der Waals surface area contributed by atoms with Crippen molar-refractivity contribution in [1.29, 1.82) is 0 Å². The van der Waals surface area contributed by atoms with Crippen molar-refractivity contribution in [2.75, 3.05) is 12.4 Å². The number of imidazole rings is 1. The lowest BCUT2D eigenvalue weighted by Crippen LogP contribution is -2.13. The summed E-state index contributed by atoms with van der Waals surface area (Å²) in [4.78, 5) is 20.0. The number of aliphatic hydroxyl groups is 1. The second kappa shape index (κ2) is 7.36. The minimum atomic E-state index is -0.148. The highest BCUT2D eigenvalue weighted by Gasteiger charge is 2.09. The molecule has 6 nitrogen and oxygen atoms in total. The number of fused-ring (bicyclic) bond motifs is 1. The molecule has 1 heterocycles. The van der Waals surface area contributed by atoms with Crippen LogP contribution in [0.4, 0.5) is 5.69 Å². The number of para-hydroxylation sites is 1. The molecular formula is C19H21N3O3. The number of ether oxygens (including phenoxy) is 1. The number of amides is 1. The van der Waals surface area contributed by atoms with Crippen molar-refractivity contribution in [2.24, 2.45) is 0 Å². The van der Waals surface area contributed by atoms with Crippen LogP contribution in [-0.4, -0.2) is 28.1 Å². The summed E-state index contributed by atoms with van der Waals surface area (Å²) in [7, 11) is 1.54. The molecule has 0 saturated carbocycles. The summed E-state index contributed by atoms with van der Waals surface area (Å²) in [5.74, 6) is 1.29. The molecule has 0 saturated heterocycles. The van der Waals surface area contributed by atoms with Gasteiger partial charge in [-0.1, -0.05) is 12.1 Å². The lowest BCUT2D eigenvalue weighted by atomic mass is 10.2. The van der Waals surface area contributed by atoms with Gasteiger partial charge in [-0.25, -0.2) is 4.98 Å². The van der Waals surface area contributed by atoms with E-state index >= 15 is 0 Å². The van der Waals surface area contributed by atoms with Crippen molar-refractivity contribution in [3.8, 4) is 5.75 Å². The van der Waals surface area contributed by atoms with Crippen LogP contribution in [0.25, 0.3) is 11.0 Å². The fourth-order valence-electron chi connectivity index (χ4n) is 2.78. The Hall–Kier alpha value is -2.86. The highest BCUT2D eigenvalue weighted by Crippen LogP contribution is 2.23. The van der Waals surface area contributed by atoms with Gasteiger partial charge in [-0.05, 0) is 36.8 Å². The van der Waals surface area contributed by atoms with Gasteiger partial charge in [-0.3, -0.25) is 4.79 Å². The van der Waals surface area contributed by atoms with E-state index in [9.17, 15) is 9.90 Å². The van der Waals surface area contributed by atoms with Crippen molar-refractivity contribution in [2.45, 2.75) is 26.4 Å². The minimum absolute atomic E-state index is 0.105. The molecule has 3 N–H and O–H groups in total. The second-order valence-corrected chi connectivity index (χ2v) is 5.89. The predicted octanol–water partition coefficient (Wildman–Crippen LogP) is 2.94. The van der Waals surface area contributed by atoms with Gasteiger partial charge in [0.1, 0.15) is 11.6 Å². The zero-order chi connectivity index (χ0) is 17.8. The number of nitrogens with zero attached hydrogens (tertiary/aromatic N) is 1. The normalized spacial score (nSPS) is 10.8. The van der Waals surface area contributed by atoms with E-state index in [4.69, 9.17) is 4.74 Å². The number of benzene rings is 2. The van der Waals surface area contributed by atoms with E-state index < -0.39 is 0 Å². The van der Waals surface area contributed by atoms with Crippen LogP contribution in [0.2, 0.25) is 0 Å². The first-order valence-electron chi connectivity index (χ1n) is 8.12. The third kappa shape index (κ3) is 3.80. The zero-order valence-electron chi connectivity index (χ0n) is 14.3. The summed E-state index contributed by atoms with van der Waals surface area (Å²) < 4.78 is 5.15. The SMILES string of the molecule is COc1ccc(NC(=O)CCc2nc3c(C)cccc3[nH]2)cc1CO. The van der Waals surface area contributed by atoms with Crippen molar-refractivity contribution < 1.29 is 14.6 Å². The summed E-state index contributed by atoms with van der Waals surface area (Å²) in [5, 5.41) is 12.2. The van der Waals surface area contributed by atoms with Gasteiger partial charge in [0.05, 0.1) is 24.8 Å². The lowest BCUT2D eigenvalue weighted by Gasteiger charge is -2.10. The van der Waals surface area contributed by atoms with Crippen LogP contribution in [0.1, 0.15) is 23.4 Å². The Morgan fingerprint density at radius 1 is 1.32 bits per heavy atom. The molecule has 25 heavy (non-hydrogen) atoms. The third-order valence-corrected chi connectivity index (χ3v) is 4.09. The molecule has 3 rings (SSSR count). The van der Waals surface area contributed by atoms with Crippen LogP contribution in [0.3, 0.4) is 0 Å². The maximum Gasteiger partial charge on any atom is 0.224 e. The highest BCUT2D eigenvalue weighted by molar-refractivity contribution is 5.91. The van der Waals surface area contributed by atoms with Gasteiger partial charge < -0.3 is 20.1 Å². The van der Waals surface area contributed by atoms with Gasteiger partial charge >= 0.3 is 0 Å². The van der Waals surface area contributed by atoms with Gasteiger partial charge in [0.2, 0.25) is 5.91 Å². The summed E-state index contributed by atoms with van der Waals surface area (Å²) in [6.07, 6.45) is 0.850. The monoisotopic (exact) mass is 339 g/mol. The highest BCUT2D eigenvalue weighted by atomic mass is 16.5. The van der Waals surface area contributed by atoms with Crippen LogP contribution >= 0.6 is 0 Å². The molecule has 0 aliphatic rings. The Morgan fingerprint density at radius 3 is 2.88 bits per heavy atom. The zero-order valence-corrected chi connectivity index (χ0v) is 14.3. The number of hydrogen-bond donors (Lipinski definition) is 3. The molecule has 1 aromatic heterocycles. The van der Waals surface area contributed by atoms with Crippen LogP contribution in [0.5, 0.6) is 5.75 Å².